The number of hydrazone groups is 1. The zero-order valence-electron chi connectivity index (χ0n) is 14.5. The quantitative estimate of drug-likeness (QED) is 0.251. The average molecular weight is 411 g/mol. The van der Waals surface area contributed by atoms with E-state index < -0.39 is 5.76 Å². The van der Waals surface area contributed by atoms with Gasteiger partial charge in [0, 0.05) is 22.2 Å². The molecule has 0 saturated heterocycles. The van der Waals surface area contributed by atoms with Gasteiger partial charge in [-0.05, 0) is 55.0 Å². The van der Waals surface area contributed by atoms with Crippen LogP contribution in [-0.4, -0.2) is 28.8 Å². The number of anilines is 1. The van der Waals surface area contributed by atoms with Crippen LogP contribution in [0.15, 0.2) is 52.5 Å². The van der Waals surface area contributed by atoms with E-state index in [1.807, 2.05) is 6.92 Å². The summed E-state index contributed by atoms with van der Waals surface area (Å²) >= 11 is 5.59. The molecule has 0 radical (unpaired) electrons. The predicted molar refractivity (Wildman–Crippen MR) is 109 cm³/mol. The maximum atomic E-state index is 12.3. The number of phenols is 1. The number of halogens is 2. The molecular formula is C18H19F2N3O2S2. The van der Waals surface area contributed by atoms with Crippen LogP contribution < -0.4 is 15.5 Å². The lowest BCUT2D eigenvalue weighted by Crippen LogP contribution is -2.23. The lowest BCUT2D eigenvalue weighted by molar-refractivity contribution is 0.252. The summed E-state index contributed by atoms with van der Waals surface area (Å²) in [7, 11) is 0. The highest BCUT2D eigenvalue weighted by Gasteiger charge is 2.05. The van der Waals surface area contributed by atoms with E-state index in [4.69, 9.17) is 17.0 Å². The Kier molecular flexibility index (Phi) is 8.28. The highest BCUT2D eigenvalue weighted by atomic mass is 32.2. The van der Waals surface area contributed by atoms with E-state index >= 15 is 0 Å². The van der Waals surface area contributed by atoms with Crippen LogP contribution in [0, 0.1) is 0 Å². The summed E-state index contributed by atoms with van der Waals surface area (Å²) in [6, 6.07) is 11.4. The van der Waals surface area contributed by atoms with Crippen LogP contribution in [0.25, 0.3) is 0 Å². The maximum Gasteiger partial charge on any atom is 0.288 e. The third-order valence-corrected chi connectivity index (χ3v) is 4.10. The lowest BCUT2D eigenvalue weighted by Gasteiger charge is -2.08. The van der Waals surface area contributed by atoms with E-state index in [1.54, 1.807) is 36.4 Å². The van der Waals surface area contributed by atoms with Crippen molar-refractivity contribution < 1.29 is 18.6 Å². The van der Waals surface area contributed by atoms with Gasteiger partial charge in [-0.15, -0.1) is 0 Å². The van der Waals surface area contributed by atoms with Crippen molar-refractivity contribution in [2.24, 2.45) is 5.10 Å². The van der Waals surface area contributed by atoms with E-state index in [1.165, 1.54) is 12.3 Å². The molecule has 0 bridgehead atoms. The number of ether oxygens (including phenoxy) is 1. The summed E-state index contributed by atoms with van der Waals surface area (Å²) in [5.41, 5.74) is 3.77. The summed E-state index contributed by atoms with van der Waals surface area (Å²) in [5.74, 6) is -1.82. The van der Waals surface area contributed by atoms with Gasteiger partial charge >= 0.3 is 0 Å². The number of alkyl halides is 2. The maximum absolute atomic E-state index is 12.3. The summed E-state index contributed by atoms with van der Waals surface area (Å²) in [6.45, 7) is 2.58. The Morgan fingerprint density at radius 3 is 2.67 bits per heavy atom. The molecule has 2 rings (SSSR count). The first-order chi connectivity index (χ1) is 13.0. The Labute approximate surface area is 165 Å². The normalized spacial score (nSPS) is 11.0. The number of thioether (sulfide) groups is 1. The Morgan fingerprint density at radius 1 is 1.30 bits per heavy atom. The number of hydrogen-bond acceptors (Lipinski definition) is 5. The summed E-state index contributed by atoms with van der Waals surface area (Å²) in [6.07, 6.45) is 2.31. The van der Waals surface area contributed by atoms with E-state index in [9.17, 15) is 13.9 Å². The molecule has 0 aliphatic heterocycles. The molecule has 27 heavy (non-hydrogen) atoms. The predicted octanol–water partition coefficient (Wildman–Crippen LogP) is 4.82. The molecule has 0 heterocycles. The van der Waals surface area contributed by atoms with Crippen molar-refractivity contribution in [2.45, 2.75) is 24.0 Å². The molecular weight excluding hydrogens is 392 g/mol. The van der Waals surface area contributed by atoms with Crippen molar-refractivity contribution in [1.29, 1.82) is 0 Å². The minimum Gasteiger partial charge on any atom is -0.507 e. The fraction of sp³-hybridized carbons (Fsp3) is 0.222. The highest BCUT2D eigenvalue weighted by Crippen LogP contribution is 2.26. The van der Waals surface area contributed by atoms with Crippen LogP contribution in [0.2, 0.25) is 0 Å². The number of nitrogens with one attached hydrogen (secondary N) is 2. The summed E-state index contributed by atoms with van der Waals surface area (Å²) in [4.78, 5) is 0.467. The molecule has 0 aliphatic carbocycles. The Morgan fingerprint density at radius 2 is 2.04 bits per heavy atom. The van der Waals surface area contributed by atoms with Gasteiger partial charge in [-0.3, -0.25) is 5.43 Å². The van der Waals surface area contributed by atoms with E-state index in [-0.39, 0.29) is 10.9 Å². The van der Waals surface area contributed by atoms with Crippen LogP contribution in [-0.2, 0) is 0 Å². The van der Waals surface area contributed by atoms with Crippen molar-refractivity contribution in [3.05, 3.63) is 48.0 Å². The minimum absolute atomic E-state index is 0.0418. The number of hydrogen-bond donors (Lipinski definition) is 3. The molecule has 0 aliphatic rings. The van der Waals surface area contributed by atoms with Gasteiger partial charge in [-0.25, -0.2) is 0 Å². The summed E-state index contributed by atoms with van der Waals surface area (Å²) < 4.78 is 30.0. The van der Waals surface area contributed by atoms with Crippen LogP contribution >= 0.6 is 24.0 Å². The van der Waals surface area contributed by atoms with E-state index in [2.05, 4.69) is 15.8 Å². The van der Waals surface area contributed by atoms with Gasteiger partial charge in [0.1, 0.15) is 11.5 Å². The third kappa shape index (κ3) is 7.40. The first-order valence-corrected chi connectivity index (χ1v) is 9.37. The SMILES string of the molecule is CCCOc1ccc(/C=N/NC(=S)Nc2ccc(SC(F)F)cc2)c(O)c1. The van der Waals surface area contributed by atoms with Crippen LogP contribution in [0.1, 0.15) is 18.9 Å². The minimum atomic E-state index is -2.45. The zero-order valence-corrected chi connectivity index (χ0v) is 16.1. The third-order valence-electron chi connectivity index (χ3n) is 3.18. The highest BCUT2D eigenvalue weighted by molar-refractivity contribution is 7.99. The van der Waals surface area contributed by atoms with Gasteiger partial charge in [0.05, 0.1) is 12.8 Å². The van der Waals surface area contributed by atoms with Gasteiger partial charge < -0.3 is 15.2 Å². The molecule has 0 unspecified atom stereocenters. The van der Waals surface area contributed by atoms with E-state index in [0.29, 0.717) is 40.3 Å². The fourth-order valence-electron chi connectivity index (χ4n) is 1.98. The van der Waals surface area contributed by atoms with Crippen molar-refractivity contribution in [3.8, 4) is 11.5 Å². The molecule has 2 aromatic rings. The Balaban J connectivity index is 1.86. The summed E-state index contributed by atoms with van der Waals surface area (Å²) in [5, 5.41) is 17.0. The molecule has 5 nitrogen and oxygen atoms in total. The topological polar surface area (TPSA) is 65.9 Å². The molecule has 144 valence electrons. The van der Waals surface area contributed by atoms with Gasteiger partial charge in [0.25, 0.3) is 5.76 Å². The Hall–Kier alpha value is -2.39. The molecule has 9 heteroatoms. The first kappa shape index (κ1) is 20.9. The van der Waals surface area contributed by atoms with Crippen molar-refractivity contribution >= 4 is 41.0 Å². The zero-order chi connectivity index (χ0) is 19.6. The number of aromatic hydroxyl groups is 1. The molecule has 0 saturated carbocycles. The number of benzene rings is 2. The molecule has 0 atom stereocenters. The van der Waals surface area contributed by atoms with E-state index in [0.717, 1.165) is 6.42 Å². The second-order valence-electron chi connectivity index (χ2n) is 5.30. The monoisotopic (exact) mass is 411 g/mol. The molecule has 0 aromatic heterocycles. The molecule has 3 N–H and O–H groups in total. The first-order valence-electron chi connectivity index (χ1n) is 8.08. The van der Waals surface area contributed by atoms with Crippen LogP contribution in [0.5, 0.6) is 11.5 Å². The van der Waals surface area contributed by atoms with Gasteiger partial charge in [0.15, 0.2) is 5.11 Å². The Bertz CT molecular complexity index is 787. The second kappa shape index (κ2) is 10.7. The smallest absolute Gasteiger partial charge is 0.288 e. The van der Waals surface area contributed by atoms with Crippen LogP contribution in [0.3, 0.4) is 0 Å². The number of phenolic OH excluding ortho intramolecular Hbond substituents is 1. The van der Waals surface area contributed by atoms with Gasteiger partial charge in [-0.2, -0.15) is 13.9 Å². The molecule has 0 fully saturated rings. The number of thiocarbonyl (C=S) groups is 1. The molecule has 0 spiro atoms. The fourth-order valence-corrected chi connectivity index (χ4v) is 2.65. The van der Waals surface area contributed by atoms with Crippen LogP contribution in [0.4, 0.5) is 14.5 Å². The van der Waals surface area contributed by atoms with Gasteiger partial charge in [-0.1, -0.05) is 18.7 Å². The van der Waals surface area contributed by atoms with Crippen molar-refractivity contribution in [1.82, 2.24) is 5.43 Å². The lowest BCUT2D eigenvalue weighted by atomic mass is 10.2. The number of rotatable bonds is 8. The average Bonchev–Trinajstić information content (AvgIpc) is 2.63. The standard InChI is InChI=1S/C18H19F2N3O2S2/c1-2-9-25-14-6-3-12(16(24)10-14)11-21-23-18(26)22-13-4-7-15(8-5-13)27-17(19)20/h3-8,10-11,17,24H,2,9H2,1H3,(H2,22,23,26)/b21-11+. The second-order valence-corrected chi connectivity index (χ2v) is 6.77. The number of nitrogens with zero attached hydrogens (tertiary/aromatic N) is 1. The van der Waals surface area contributed by atoms with Crippen molar-refractivity contribution in [2.75, 3.05) is 11.9 Å². The van der Waals surface area contributed by atoms with Gasteiger partial charge in [0.2, 0.25) is 0 Å². The molecule has 0 amide bonds. The van der Waals surface area contributed by atoms with Crippen molar-refractivity contribution in [3.63, 3.8) is 0 Å². The largest absolute Gasteiger partial charge is 0.507 e. The molecule has 2 aromatic carbocycles.